The molecule has 0 atom stereocenters. The van der Waals surface area contributed by atoms with Crippen LogP contribution in [0, 0.1) is 6.92 Å². The first-order valence-corrected chi connectivity index (χ1v) is 9.08. The third-order valence-corrected chi connectivity index (χ3v) is 6.84. The fraction of sp³-hybridized carbons (Fsp3) is 0.636. The number of hydrogen-bond donors (Lipinski definition) is 0. The van der Waals surface area contributed by atoms with Gasteiger partial charge in [0.05, 0.1) is 0 Å². The summed E-state index contributed by atoms with van der Waals surface area (Å²) in [6.07, 6.45) is 3.13. The molecule has 1 saturated carbocycles. The summed E-state index contributed by atoms with van der Waals surface area (Å²) in [6, 6.07) is 3.79. The number of halogens is 1. The molecular weight excluding hydrogens is 322 g/mol. The van der Waals surface area contributed by atoms with Crippen LogP contribution in [0.2, 0.25) is 0 Å². The van der Waals surface area contributed by atoms with Crippen molar-refractivity contribution in [1.82, 2.24) is 4.31 Å². The van der Waals surface area contributed by atoms with Crippen LogP contribution in [0.4, 0.5) is 0 Å². The first kappa shape index (κ1) is 13.5. The SMILES string of the molecule is Cc1ccc(S(=O)(=O)N(CCBr)C2CCC2)s1. The first-order chi connectivity index (χ1) is 8.05. The van der Waals surface area contributed by atoms with Crippen LogP contribution in [0.1, 0.15) is 24.1 Å². The molecule has 1 aliphatic rings. The minimum absolute atomic E-state index is 0.208. The molecule has 0 aliphatic heterocycles. The molecule has 1 aliphatic carbocycles. The molecule has 0 spiro atoms. The molecule has 0 radical (unpaired) electrons. The van der Waals surface area contributed by atoms with E-state index in [0.717, 1.165) is 24.1 Å². The quantitative estimate of drug-likeness (QED) is 0.774. The molecule has 1 fully saturated rings. The summed E-state index contributed by atoms with van der Waals surface area (Å²) in [6.45, 7) is 2.49. The lowest BCUT2D eigenvalue weighted by Gasteiger charge is -2.35. The number of sulfonamides is 1. The van der Waals surface area contributed by atoms with Gasteiger partial charge in [-0.05, 0) is 31.9 Å². The Hall–Kier alpha value is 0.0900. The zero-order valence-corrected chi connectivity index (χ0v) is 12.9. The average molecular weight is 338 g/mol. The lowest BCUT2D eigenvalue weighted by Crippen LogP contribution is -2.44. The van der Waals surface area contributed by atoms with Crippen molar-refractivity contribution in [2.24, 2.45) is 0 Å². The van der Waals surface area contributed by atoms with Crippen LogP contribution in [-0.4, -0.2) is 30.6 Å². The summed E-state index contributed by atoms with van der Waals surface area (Å²) in [5.74, 6) is 0. The standard InChI is InChI=1S/C11H16BrNO2S2/c1-9-5-6-11(16-9)17(14,15)13(8-7-12)10-3-2-4-10/h5-6,10H,2-4,7-8H2,1H3. The Labute approximate surface area is 115 Å². The Bertz CT molecular complexity index is 479. The van der Waals surface area contributed by atoms with Gasteiger partial charge in [0, 0.05) is 22.8 Å². The highest BCUT2D eigenvalue weighted by molar-refractivity contribution is 9.09. The molecule has 6 heteroatoms. The van der Waals surface area contributed by atoms with Crippen LogP contribution < -0.4 is 0 Å². The summed E-state index contributed by atoms with van der Waals surface area (Å²) in [5, 5.41) is 0.688. The summed E-state index contributed by atoms with van der Waals surface area (Å²) >= 11 is 4.70. The van der Waals surface area contributed by atoms with Gasteiger partial charge in [-0.15, -0.1) is 11.3 Å². The molecule has 96 valence electrons. The van der Waals surface area contributed by atoms with Crippen LogP contribution >= 0.6 is 27.3 Å². The number of aryl methyl sites for hydroxylation is 1. The van der Waals surface area contributed by atoms with E-state index < -0.39 is 10.0 Å². The molecule has 1 aromatic rings. The molecule has 1 aromatic heterocycles. The zero-order chi connectivity index (χ0) is 12.5. The van der Waals surface area contributed by atoms with Gasteiger partial charge in [0.2, 0.25) is 0 Å². The Kier molecular flexibility index (Phi) is 4.28. The van der Waals surface area contributed by atoms with Gasteiger partial charge in [-0.1, -0.05) is 22.4 Å². The van der Waals surface area contributed by atoms with Crippen LogP contribution in [-0.2, 0) is 10.0 Å². The summed E-state index contributed by atoms with van der Waals surface area (Å²) in [7, 11) is -3.28. The van der Waals surface area contributed by atoms with Crippen molar-refractivity contribution in [1.29, 1.82) is 0 Å². The minimum Gasteiger partial charge on any atom is -0.206 e. The van der Waals surface area contributed by atoms with E-state index in [-0.39, 0.29) is 6.04 Å². The van der Waals surface area contributed by atoms with E-state index in [1.165, 1.54) is 11.3 Å². The third kappa shape index (κ3) is 2.75. The van der Waals surface area contributed by atoms with Crippen molar-refractivity contribution in [3.8, 4) is 0 Å². The van der Waals surface area contributed by atoms with Gasteiger partial charge < -0.3 is 0 Å². The van der Waals surface area contributed by atoms with Gasteiger partial charge in [-0.25, -0.2) is 8.42 Å². The molecule has 0 unspecified atom stereocenters. The smallest absolute Gasteiger partial charge is 0.206 e. The molecular formula is C11H16BrNO2S2. The van der Waals surface area contributed by atoms with Crippen molar-refractivity contribution in [3.05, 3.63) is 17.0 Å². The predicted octanol–water partition coefficient (Wildman–Crippen LogP) is 2.99. The van der Waals surface area contributed by atoms with Gasteiger partial charge >= 0.3 is 0 Å². The van der Waals surface area contributed by atoms with Crippen LogP contribution in [0.3, 0.4) is 0 Å². The second-order valence-electron chi connectivity index (χ2n) is 4.25. The first-order valence-electron chi connectivity index (χ1n) is 5.70. The Morgan fingerprint density at radius 2 is 2.18 bits per heavy atom. The predicted molar refractivity (Wildman–Crippen MR) is 74.4 cm³/mol. The molecule has 0 amide bonds. The molecule has 0 N–H and O–H groups in total. The maximum atomic E-state index is 12.5. The molecule has 17 heavy (non-hydrogen) atoms. The summed E-state index contributed by atoms with van der Waals surface area (Å²) in [5.41, 5.74) is 0. The summed E-state index contributed by atoms with van der Waals surface area (Å²) < 4.78 is 27.1. The number of alkyl halides is 1. The average Bonchev–Trinajstić information content (AvgIpc) is 2.62. The van der Waals surface area contributed by atoms with E-state index in [1.54, 1.807) is 10.4 Å². The highest BCUT2D eigenvalue weighted by atomic mass is 79.9. The Balaban J connectivity index is 2.27. The fourth-order valence-corrected chi connectivity index (χ4v) is 5.64. The highest BCUT2D eigenvalue weighted by Gasteiger charge is 2.34. The number of nitrogens with zero attached hydrogens (tertiary/aromatic N) is 1. The van der Waals surface area contributed by atoms with Crippen LogP contribution in [0.15, 0.2) is 16.3 Å². The van der Waals surface area contributed by atoms with Gasteiger partial charge in [0.25, 0.3) is 10.0 Å². The normalized spacial score (nSPS) is 17.4. The third-order valence-electron chi connectivity index (χ3n) is 3.07. The molecule has 1 heterocycles. The van der Waals surface area contributed by atoms with Crippen molar-refractivity contribution < 1.29 is 8.42 Å². The second kappa shape index (κ2) is 5.38. The fourth-order valence-electron chi connectivity index (χ4n) is 1.92. The van der Waals surface area contributed by atoms with Gasteiger partial charge in [0.1, 0.15) is 4.21 Å². The van der Waals surface area contributed by atoms with E-state index in [2.05, 4.69) is 15.9 Å². The molecule has 0 bridgehead atoms. The highest BCUT2D eigenvalue weighted by Crippen LogP contribution is 2.32. The second-order valence-corrected chi connectivity index (χ2v) is 8.45. The maximum absolute atomic E-state index is 12.5. The van der Waals surface area contributed by atoms with E-state index >= 15 is 0 Å². The van der Waals surface area contributed by atoms with Crippen LogP contribution in [0.25, 0.3) is 0 Å². The summed E-state index contributed by atoms with van der Waals surface area (Å²) in [4.78, 5) is 1.04. The van der Waals surface area contributed by atoms with E-state index in [1.807, 2.05) is 13.0 Å². The topological polar surface area (TPSA) is 37.4 Å². The minimum atomic E-state index is -3.28. The molecule has 0 aromatic carbocycles. The monoisotopic (exact) mass is 337 g/mol. The Morgan fingerprint density at radius 1 is 1.47 bits per heavy atom. The van der Waals surface area contributed by atoms with Gasteiger partial charge in [-0.3, -0.25) is 0 Å². The van der Waals surface area contributed by atoms with Crippen molar-refractivity contribution in [2.75, 3.05) is 11.9 Å². The van der Waals surface area contributed by atoms with E-state index in [9.17, 15) is 8.42 Å². The largest absolute Gasteiger partial charge is 0.252 e. The Morgan fingerprint density at radius 3 is 2.59 bits per heavy atom. The lowest BCUT2D eigenvalue weighted by atomic mass is 9.93. The van der Waals surface area contributed by atoms with Crippen molar-refractivity contribution in [3.63, 3.8) is 0 Å². The van der Waals surface area contributed by atoms with E-state index in [4.69, 9.17) is 0 Å². The molecule has 2 rings (SSSR count). The number of thiophene rings is 1. The van der Waals surface area contributed by atoms with Crippen molar-refractivity contribution >= 4 is 37.3 Å². The maximum Gasteiger partial charge on any atom is 0.252 e. The molecule has 3 nitrogen and oxygen atoms in total. The lowest BCUT2D eigenvalue weighted by molar-refractivity contribution is 0.228. The number of rotatable bonds is 5. The van der Waals surface area contributed by atoms with Crippen molar-refractivity contribution in [2.45, 2.75) is 36.4 Å². The van der Waals surface area contributed by atoms with E-state index in [0.29, 0.717) is 16.1 Å². The van der Waals surface area contributed by atoms with Gasteiger partial charge in [-0.2, -0.15) is 4.31 Å². The van der Waals surface area contributed by atoms with Crippen LogP contribution in [0.5, 0.6) is 0 Å². The van der Waals surface area contributed by atoms with Gasteiger partial charge in [0.15, 0.2) is 0 Å². The number of hydrogen-bond acceptors (Lipinski definition) is 3. The molecule has 0 saturated heterocycles. The zero-order valence-electron chi connectivity index (χ0n) is 9.73.